The van der Waals surface area contributed by atoms with E-state index in [0.29, 0.717) is 19.6 Å². The quantitative estimate of drug-likeness (QED) is 0.370. The molecule has 0 bridgehead atoms. The highest BCUT2D eigenvalue weighted by Crippen LogP contribution is 2.23. The summed E-state index contributed by atoms with van der Waals surface area (Å²) in [6.45, 7) is 8.43. The van der Waals surface area contributed by atoms with Gasteiger partial charge in [0.25, 0.3) is 11.6 Å². The standard InChI is InChI=1S/C22H31N3O7/c1-6-31-20(27)17-10-16(11-18(12-17)25(29)30)19(26)24-9-7-8-15(14-24)13-23(5)21(28)32-22(2,3)4/h10-12,15H,6-9,13-14H2,1-5H3. The number of likely N-dealkylation sites (tertiary alicyclic amines) is 1. The van der Waals surface area contributed by atoms with E-state index in [1.54, 1.807) is 39.6 Å². The lowest BCUT2D eigenvalue weighted by Crippen LogP contribution is -2.45. The lowest BCUT2D eigenvalue weighted by atomic mass is 9.96. The van der Waals surface area contributed by atoms with Crippen molar-refractivity contribution in [3.05, 3.63) is 39.4 Å². The van der Waals surface area contributed by atoms with E-state index < -0.39 is 28.5 Å². The number of nitro benzene ring substituents is 1. The smallest absolute Gasteiger partial charge is 0.410 e. The first-order valence-electron chi connectivity index (χ1n) is 10.6. The van der Waals surface area contributed by atoms with Crippen LogP contribution >= 0.6 is 0 Å². The summed E-state index contributed by atoms with van der Waals surface area (Å²) in [5.41, 5.74) is -0.929. The second-order valence-corrected chi connectivity index (χ2v) is 8.87. The average Bonchev–Trinajstić information content (AvgIpc) is 2.72. The van der Waals surface area contributed by atoms with Crippen molar-refractivity contribution in [2.75, 3.05) is 33.3 Å². The molecule has 0 radical (unpaired) electrons. The van der Waals surface area contributed by atoms with Crippen molar-refractivity contribution in [2.24, 2.45) is 5.92 Å². The Morgan fingerprint density at radius 3 is 2.47 bits per heavy atom. The largest absolute Gasteiger partial charge is 0.462 e. The Labute approximate surface area is 187 Å². The molecule has 0 aromatic heterocycles. The molecule has 10 nitrogen and oxygen atoms in total. The summed E-state index contributed by atoms with van der Waals surface area (Å²) >= 11 is 0. The van der Waals surface area contributed by atoms with Crippen LogP contribution in [-0.4, -0.2) is 71.6 Å². The number of piperidine rings is 1. The average molecular weight is 450 g/mol. The number of non-ortho nitro benzene ring substituents is 1. The van der Waals surface area contributed by atoms with E-state index in [2.05, 4.69) is 0 Å². The van der Waals surface area contributed by atoms with Crippen molar-refractivity contribution >= 4 is 23.7 Å². The summed E-state index contributed by atoms with van der Waals surface area (Å²) in [6, 6.07) is 3.59. The van der Waals surface area contributed by atoms with Crippen molar-refractivity contribution in [3.63, 3.8) is 0 Å². The van der Waals surface area contributed by atoms with Gasteiger partial charge in [-0.25, -0.2) is 9.59 Å². The molecule has 0 N–H and O–H groups in total. The van der Waals surface area contributed by atoms with Crippen molar-refractivity contribution in [1.82, 2.24) is 9.80 Å². The topological polar surface area (TPSA) is 119 Å². The molecule has 2 amide bonds. The SMILES string of the molecule is CCOC(=O)c1cc(C(=O)N2CCCC(CN(C)C(=O)OC(C)(C)C)C2)cc([N+](=O)[O-])c1. The molecule has 1 aromatic carbocycles. The Bertz CT molecular complexity index is 879. The van der Waals surface area contributed by atoms with Crippen molar-refractivity contribution in [2.45, 2.75) is 46.1 Å². The Morgan fingerprint density at radius 2 is 1.88 bits per heavy atom. The summed E-state index contributed by atoms with van der Waals surface area (Å²) in [6.07, 6.45) is 1.14. The van der Waals surface area contributed by atoms with Gasteiger partial charge in [-0.05, 0) is 52.5 Å². The van der Waals surface area contributed by atoms with Crippen molar-refractivity contribution in [1.29, 1.82) is 0 Å². The van der Waals surface area contributed by atoms with Gasteiger partial charge >= 0.3 is 12.1 Å². The number of rotatable bonds is 6. The highest BCUT2D eigenvalue weighted by atomic mass is 16.6. The molecule has 1 saturated heterocycles. The van der Waals surface area contributed by atoms with Crippen LogP contribution in [0.1, 0.15) is 61.3 Å². The van der Waals surface area contributed by atoms with Crippen LogP contribution in [0, 0.1) is 16.0 Å². The van der Waals surface area contributed by atoms with Crippen LogP contribution < -0.4 is 0 Å². The number of amides is 2. The van der Waals surface area contributed by atoms with E-state index >= 15 is 0 Å². The highest BCUT2D eigenvalue weighted by molar-refractivity contribution is 5.99. The lowest BCUT2D eigenvalue weighted by molar-refractivity contribution is -0.384. The third kappa shape index (κ3) is 6.93. The minimum Gasteiger partial charge on any atom is -0.462 e. The zero-order valence-corrected chi connectivity index (χ0v) is 19.3. The predicted molar refractivity (Wildman–Crippen MR) is 117 cm³/mol. The van der Waals surface area contributed by atoms with Crippen LogP contribution in [0.2, 0.25) is 0 Å². The summed E-state index contributed by atoms with van der Waals surface area (Å²) < 4.78 is 10.3. The molecule has 1 unspecified atom stereocenters. The molecule has 1 atom stereocenters. The van der Waals surface area contributed by atoms with Gasteiger partial charge in [0.2, 0.25) is 0 Å². The number of nitrogens with zero attached hydrogens (tertiary/aromatic N) is 3. The molecular formula is C22H31N3O7. The van der Waals surface area contributed by atoms with E-state index in [-0.39, 0.29) is 29.3 Å². The third-order valence-corrected chi connectivity index (χ3v) is 4.93. The van der Waals surface area contributed by atoms with Gasteiger partial charge in [-0.1, -0.05) is 0 Å². The molecule has 0 saturated carbocycles. The summed E-state index contributed by atoms with van der Waals surface area (Å²) in [5, 5.41) is 11.3. The van der Waals surface area contributed by atoms with Crippen LogP contribution in [0.4, 0.5) is 10.5 Å². The predicted octanol–water partition coefficient (Wildman–Crippen LogP) is 3.49. The van der Waals surface area contributed by atoms with Gasteiger partial charge < -0.3 is 19.3 Å². The molecule has 10 heteroatoms. The molecule has 1 heterocycles. The Kier molecular flexibility index (Phi) is 8.18. The van der Waals surface area contributed by atoms with Crippen molar-refractivity contribution < 1.29 is 28.8 Å². The van der Waals surface area contributed by atoms with Crippen LogP contribution in [0.25, 0.3) is 0 Å². The number of benzene rings is 1. The molecular weight excluding hydrogens is 418 g/mol. The molecule has 0 aliphatic carbocycles. The maximum absolute atomic E-state index is 13.1. The van der Waals surface area contributed by atoms with Crippen LogP contribution in [-0.2, 0) is 9.47 Å². The first-order valence-corrected chi connectivity index (χ1v) is 10.6. The highest BCUT2D eigenvalue weighted by Gasteiger charge is 2.29. The minimum atomic E-state index is -0.722. The summed E-state index contributed by atoms with van der Waals surface area (Å²) in [7, 11) is 1.65. The number of esters is 1. The Morgan fingerprint density at radius 1 is 1.22 bits per heavy atom. The zero-order chi connectivity index (χ0) is 24.1. The Balaban J connectivity index is 2.14. The molecule has 2 rings (SSSR count). The fraction of sp³-hybridized carbons (Fsp3) is 0.591. The maximum Gasteiger partial charge on any atom is 0.410 e. The van der Waals surface area contributed by atoms with Gasteiger partial charge in [0.1, 0.15) is 5.60 Å². The number of ether oxygens (including phenoxy) is 2. The van der Waals surface area contributed by atoms with Gasteiger partial charge in [-0.15, -0.1) is 0 Å². The molecule has 176 valence electrons. The molecule has 1 fully saturated rings. The van der Waals surface area contributed by atoms with Crippen LogP contribution in [0.15, 0.2) is 18.2 Å². The van der Waals surface area contributed by atoms with Crippen LogP contribution in [0.5, 0.6) is 0 Å². The first-order chi connectivity index (χ1) is 14.9. The molecule has 0 spiro atoms. The van der Waals surface area contributed by atoms with Gasteiger partial charge in [0.15, 0.2) is 0 Å². The summed E-state index contributed by atoms with van der Waals surface area (Å²) in [5.74, 6) is -1.09. The lowest BCUT2D eigenvalue weighted by Gasteiger charge is -2.35. The van der Waals surface area contributed by atoms with Gasteiger partial charge in [-0.2, -0.15) is 0 Å². The fourth-order valence-corrected chi connectivity index (χ4v) is 3.56. The number of carbonyl (C=O) groups is 3. The maximum atomic E-state index is 13.1. The number of nitro groups is 1. The number of hydrogen-bond donors (Lipinski definition) is 0. The first kappa shape index (κ1) is 25.1. The molecule has 1 aliphatic rings. The normalized spacial score (nSPS) is 16.3. The zero-order valence-electron chi connectivity index (χ0n) is 19.3. The second-order valence-electron chi connectivity index (χ2n) is 8.87. The monoisotopic (exact) mass is 449 g/mol. The second kappa shape index (κ2) is 10.4. The van der Waals surface area contributed by atoms with Gasteiger partial charge in [0.05, 0.1) is 17.1 Å². The molecule has 1 aliphatic heterocycles. The van der Waals surface area contributed by atoms with Gasteiger partial charge in [0, 0.05) is 44.4 Å². The fourth-order valence-electron chi connectivity index (χ4n) is 3.56. The van der Waals surface area contributed by atoms with Gasteiger partial charge in [-0.3, -0.25) is 14.9 Å². The van der Waals surface area contributed by atoms with E-state index in [1.807, 2.05) is 0 Å². The summed E-state index contributed by atoms with van der Waals surface area (Å²) in [4.78, 5) is 51.2. The number of carbonyl (C=O) groups excluding carboxylic acids is 3. The van der Waals surface area contributed by atoms with Crippen molar-refractivity contribution in [3.8, 4) is 0 Å². The molecule has 1 aromatic rings. The Hall–Kier alpha value is -3.17. The molecule has 32 heavy (non-hydrogen) atoms. The minimum absolute atomic E-state index is 0.0356. The van der Waals surface area contributed by atoms with E-state index in [9.17, 15) is 24.5 Å². The van der Waals surface area contributed by atoms with E-state index in [0.717, 1.165) is 18.9 Å². The van der Waals surface area contributed by atoms with Crippen LogP contribution in [0.3, 0.4) is 0 Å². The number of hydrogen-bond acceptors (Lipinski definition) is 7. The third-order valence-electron chi connectivity index (χ3n) is 4.93. The van der Waals surface area contributed by atoms with E-state index in [4.69, 9.17) is 9.47 Å². The van der Waals surface area contributed by atoms with E-state index in [1.165, 1.54) is 17.0 Å².